The van der Waals surface area contributed by atoms with Crippen LogP contribution in [0.2, 0.25) is 0 Å². The molecule has 0 saturated heterocycles. The van der Waals surface area contributed by atoms with Crippen molar-refractivity contribution in [3.63, 3.8) is 0 Å². The summed E-state index contributed by atoms with van der Waals surface area (Å²) < 4.78 is 26.5. The van der Waals surface area contributed by atoms with Gasteiger partial charge in [0, 0.05) is 33.5 Å². The molecule has 20 heavy (non-hydrogen) atoms. The van der Waals surface area contributed by atoms with Gasteiger partial charge in [-0.1, -0.05) is 18.7 Å². The van der Waals surface area contributed by atoms with Crippen LogP contribution >= 0.6 is 11.8 Å². The molecule has 0 unspecified atom stereocenters. The van der Waals surface area contributed by atoms with Gasteiger partial charge in [0.15, 0.2) is 5.78 Å². The SMILES string of the molecule is CCC(=O)c1ccc(N)c(Sc2ccc(F)cc2F)c1. The Morgan fingerprint density at radius 3 is 2.55 bits per heavy atom. The highest BCUT2D eigenvalue weighted by molar-refractivity contribution is 7.99. The molecular formula is C15H13F2NOS. The Balaban J connectivity index is 2.35. The monoisotopic (exact) mass is 293 g/mol. The van der Waals surface area contributed by atoms with E-state index in [1.165, 1.54) is 12.1 Å². The second-order valence-corrected chi connectivity index (χ2v) is 5.29. The Morgan fingerprint density at radius 2 is 1.90 bits per heavy atom. The minimum Gasteiger partial charge on any atom is -0.398 e. The first-order valence-electron chi connectivity index (χ1n) is 6.07. The number of carbonyl (C=O) groups is 1. The molecule has 0 aliphatic heterocycles. The summed E-state index contributed by atoms with van der Waals surface area (Å²) in [5.41, 5.74) is 6.81. The molecule has 0 aliphatic rings. The minimum atomic E-state index is -0.651. The number of carbonyl (C=O) groups excluding carboxylic acids is 1. The fourth-order valence-corrected chi connectivity index (χ4v) is 2.58. The van der Waals surface area contributed by atoms with Gasteiger partial charge in [-0.25, -0.2) is 8.78 Å². The van der Waals surface area contributed by atoms with Gasteiger partial charge in [-0.05, 0) is 30.3 Å². The molecule has 0 saturated carbocycles. The third-order valence-electron chi connectivity index (χ3n) is 2.77. The van der Waals surface area contributed by atoms with Crippen molar-refractivity contribution >= 4 is 23.2 Å². The molecule has 0 amide bonds. The number of anilines is 1. The van der Waals surface area contributed by atoms with Crippen LogP contribution in [0.4, 0.5) is 14.5 Å². The van der Waals surface area contributed by atoms with Crippen molar-refractivity contribution in [1.29, 1.82) is 0 Å². The number of nitrogen functional groups attached to an aromatic ring is 1. The molecule has 0 radical (unpaired) electrons. The van der Waals surface area contributed by atoms with Crippen molar-refractivity contribution in [1.82, 2.24) is 0 Å². The third-order valence-corrected chi connectivity index (χ3v) is 3.89. The van der Waals surface area contributed by atoms with Crippen molar-refractivity contribution in [2.24, 2.45) is 0 Å². The number of nitrogens with two attached hydrogens (primary N) is 1. The minimum absolute atomic E-state index is 0.00794. The quantitative estimate of drug-likeness (QED) is 0.675. The van der Waals surface area contributed by atoms with Gasteiger partial charge in [0.25, 0.3) is 0 Å². The van der Waals surface area contributed by atoms with E-state index in [0.29, 0.717) is 22.6 Å². The van der Waals surface area contributed by atoms with Crippen LogP contribution in [0.25, 0.3) is 0 Å². The van der Waals surface area contributed by atoms with Gasteiger partial charge in [0.1, 0.15) is 11.6 Å². The first-order valence-corrected chi connectivity index (χ1v) is 6.88. The van der Waals surface area contributed by atoms with Crippen LogP contribution in [0, 0.1) is 11.6 Å². The maximum atomic E-state index is 13.6. The van der Waals surface area contributed by atoms with Crippen LogP contribution in [0.15, 0.2) is 46.2 Å². The van der Waals surface area contributed by atoms with Crippen LogP contribution in [-0.2, 0) is 0 Å². The van der Waals surface area contributed by atoms with E-state index in [4.69, 9.17) is 5.73 Å². The molecule has 0 heterocycles. The van der Waals surface area contributed by atoms with Gasteiger partial charge in [0.2, 0.25) is 0 Å². The number of halogens is 2. The van der Waals surface area contributed by atoms with Crippen molar-refractivity contribution < 1.29 is 13.6 Å². The second kappa shape index (κ2) is 6.05. The Morgan fingerprint density at radius 1 is 1.15 bits per heavy atom. The highest BCUT2D eigenvalue weighted by Gasteiger charge is 2.11. The zero-order chi connectivity index (χ0) is 14.7. The molecule has 0 aromatic heterocycles. The van der Waals surface area contributed by atoms with Crippen molar-refractivity contribution in [2.75, 3.05) is 5.73 Å². The highest BCUT2D eigenvalue weighted by atomic mass is 32.2. The Hall–Kier alpha value is -1.88. The molecule has 0 spiro atoms. The maximum absolute atomic E-state index is 13.6. The molecule has 2 nitrogen and oxygen atoms in total. The lowest BCUT2D eigenvalue weighted by Crippen LogP contribution is -1.98. The van der Waals surface area contributed by atoms with E-state index in [1.807, 2.05) is 0 Å². The summed E-state index contributed by atoms with van der Waals surface area (Å²) in [6.07, 6.45) is 0.388. The van der Waals surface area contributed by atoms with Crippen LogP contribution < -0.4 is 5.73 Å². The van der Waals surface area contributed by atoms with Gasteiger partial charge >= 0.3 is 0 Å². The number of Topliss-reactive ketones (excluding diaryl/α,β-unsaturated/α-hetero) is 1. The summed E-state index contributed by atoms with van der Waals surface area (Å²) in [5, 5.41) is 0. The maximum Gasteiger partial charge on any atom is 0.162 e. The fraction of sp³-hybridized carbons (Fsp3) is 0.133. The van der Waals surface area contributed by atoms with E-state index in [1.54, 1.807) is 25.1 Å². The molecular weight excluding hydrogens is 280 g/mol. The highest BCUT2D eigenvalue weighted by Crippen LogP contribution is 2.34. The van der Waals surface area contributed by atoms with Gasteiger partial charge in [-0.2, -0.15) is 0 Å². The summed E-state index contributed by atoms with van der Waals surface area (Å²) in [5.74, 6) is -1.29. The predicted octanol–water partition coefficient (Wildman–Crippen LogP) is 4.29. The zero-order valence-corrected chi connectivity index (χ0v) is 11.6. The zero-order valence-electron chi connectivity index (χ0n) is 10.8. The number of hydrogen-bond donors (Lipinski definition) is 1. The standard InChI is InChI=1S/C15H13F2NOS/c1-2-13(19)9-3-5-12(18)15(7-9)20-14-6-4-10(16)8-11(14)17/h3-8H,2,18H2,1H3. The van der Waals surface area contributed by atoms with E-state index >= 15 is 0 Å². The van der Waals surface area contributed by atoms with Crippen molar-refractivity contribution in [2.45, 2.75) is 23.1 Å². The topological polar surface area (TPSA) is 43.1 Å². The van der Waals surface area contributed by atoms with Crippen LogP contribution in [0.3, 0.4) is 0 Å². The number of ketones is 1. The van der Waals surface area contributed by atoms with Crippen LogP contribution in [0.5, 0.6) is 0 Å². The summed E-state index contributed by atoms with van der Waals surface area (Å²) >= 11 is 1.07. The Bertz CT molecular complexity index is 658. The summed E-state index contributed by atoms with van der Waals surface area (Å²) in [6.45, 7) is 1.77. The molecule has 0 aliphatic carbocycles. The molecule has 2 N–H and O–H groups in total. The van der Waals surface area contributed by atoms with Gasteiger partial charge in [0.05, 0.1) is 0 Å². The van der Waals surface area contributed by atoms with Crippen LogP contribution in [-0.4, -0.2) is 5.78 Å². The number of hydrogen-bond acceptors (Lipinski definition) is 3. The Kier molecular flexibility index (Phi) is 4.39. The van der Waals surface area contributed by atoms with E-state index in [2.05, 4.69) is 0 Å². The predicted molar refractivity (Wildman–Crippen MR) is 76.0 cm³/mol. The van der Waals surface area contributed by atoms with Gasteiger partial charge in [-0.3, -0.25) is 4.79 Å². The van der Waals surface area contributed by atoms with Crippen molar-refractivity contribution in [3.8, 4) is 0 Å². The summed E-state index contributed by atoms with van der Waals surface area (Å²) in [4.78, 5) is 12.5. The molecule has 2 aromatic rings. The van der Waals surface area contributed by atoms with Crippen LogP contribution in [0.1, 0.15) is 23.7 Å². The molecule has 2 aromatic carbocycles. The first-order chi connectivity index (χ1) is 9.51. The lowest BCUT2D eigenvalue weighted by Gasteiger charge is -2.08. The molecule has 5 heteroatoms. The van der Waals surface area contributed by atoms with E-state index in [0.717, 1.165) is 17.8 Å². The number of rotatable bonds is 4. The van der Waals surface area contributed by atoms with Crippen molar-refractivity contribution in [3.05, 3.63) is 53.6 Å². The fourth-order valence-electron chi connectivity index (χ4n) is 1.68. The molecule has 0 bridgehead atoms. The normalized spacial score (nSPS) is 10.6. The average Bonchev–Trinajstić information content (AvgIpc) is 2.43. The van der Waals surface area contributed by atoms with E-state index in [-0.39, 0.29) is 10.7 Å². The molecule has 0 fully saturated rings. The third kappa shape index (κ3) is 3.17. The smallest absolute Gasteiger partial charge is 0.162 e. The van der Waals surface area contributed by atoms with Gasteiger partial charge in [-0.15, -0.1) is 0 Å². The molecule has 0 atom stereocenters. The molecule has 2 rings (SSSR count). The summed E-state index contributed by atoms with van der Waals surface area (Å²) in [6, 6.07) is 8.25. The second-order valence-electron chi connectivity index (χ2n) is 4.21. The van der Waals surface area contributed by atoms with E-state index < -0.39 is 11.6 Å². The average molecular weight is 293 g/mol. The van der Waals surface area contributed by atoms with Gasteiger partial charge < -0.3 is 5.73 Å². The lowest BCUT2D eigenvalue weighted by atomic mass is 10.1. The first kappa shape index (κ1) is 14.5. The van der Waals surface area contributed by atoms with E-state index in [9.17, 15) is 13.6 Å². The molecule has 104 valence electrons. The summed E-state index contributed by atoms with van der Waals surface area (Å²) in [7, 11) is 0. The Labute approximate surface area is 120 Å². The lowest BCUT2D eigenvalue weighted by molar-refractivity contribution is 0.0988. The largest absolute Gasteiger partial charge is 0.398 e. The number of benzene rings is 2.